The third kappa shape index (κ3) is 3.37. The maximum Gasteiger partial charge on any atom is 0.411 e. The highest BCUT2D eigenvalue weighted by Crippen LogP contribution is 2.28. The summed E-state index contributed by atoms with van der Waals surface area (Å²) in [5.74, 6) is 0.685. The summed E-state index contributed by atoms with van der Waals surface area (Å²) in [5, 5.41) is 11.7. The van der Waals surface area contributed by atoms with Gasteiger partial charge in [-0.2, -0.15) is 13.2 Å². The summed E-state index contributed by atoms with van der Waals surface area (Å²) in [4.78, 5) is 15.0. The van der Waals surface area contributed by atoms with Crippen molar-refractivity contribution in [2.45, 2.75) is 24.7 Å². The third-order valence-electron chi connectivity index (χ3n) is 5.84. The molecule has 3 atom stereocenters. The Morgan fingerprint density at radius 2 is 2.03 bits per heavy atom. The molecule has 2 fully saturated rings. The van der Waals surface area contributed by atoms with Gasteiger partial charge in [-0.25, -0.2) is 9.94 Å². The molecule has 0 aromatic carbocycles. The van der Waals surface area contributed by atoms with E-state index in [0.717, 1.165) is 31.9 Å². The van der Waals surface area contributed by atoms with Crippen molar-refractivity contribution in [1.82, 2.24) is 30.7 Å². The number of alkyl halides is 3. The first-order chi connectivity index (χ1) is 14.3. The van der Waals surface area contributed by atoms with Crippen LogP contribution >= 0.6 is 0 Å². The van der Waals surface area contributed by atoms with Gasteiger partial charge in [0, 0.05) is 38.9 Å². The molecule has 2 saturated heterocycles. The van der Waals surface area contributed by atoms with E-state index in [4.69, 9.17) is 0 Å². The molecule has 1 unspecified atom stereocenters. The zero-order chi connectivity index (χ0) is 21.0. The number of piperidine rings is 1. The number of nitrogens with one attached hydrogen (secondary N) is 3. The maximum absolute atomic E-state index is 13.2. The van der Waals surface area contributed by atoms with Gasteiger partial charge in [-0.05, 0) is 36.6 Å². The summed E-state index contributed by atoms with van der Waals surface area (Å²) in [5.41, 5.74) is 2.89. The van der Waals surface area contributed by atoms with Crippen LogP contribution in [0.25, 0.3) is 5.52 Å². The molecule has 0 aliphatic carbocycles. The van der Waals surface area contributed by atoms with Gasteiger partial charge in [0.2, 0.25) is 0 Å². The van der Waals surface area contributed by atoms with Crippen molar-refractivity contribution in [2.24, 2.45) is 5.92 Å². The normalized spacial score (nSPS) is 26.4. The summed E-state index contributed by atoms with van der Waals surface area (Å²) < 4.78 is 41.2. The molecule has 3 N–H and O–H groups in total. The molecule has 0 spiro atoms. The Morgan fingerprint density at radius 3 is 2.80 bits per heavy atom. The van der Waals surface area contributed by atoms with Gasteiger partial charge in [0.25, 0.3) is 5.91 Å². The quantitative estimate of drug-likeness (QED) is 0.689. The van der Waals surface area contributed by atoms with Crippen LogP contribution in [0.3, 0.4) is 0 Å². The van der Waals surface area contributed by atoms with Crippen molar-refractivity contribution in [2.75, 3.05) is 31.6 Å². The Kier molecular flexibility index (Phi) is 4.40. The van der Waals surface area contributed by atoms with Crippen molar-refractivity contribution < 1.29 is 18.0 Å². The fraction of sp³-hybridized carbons (Fsp3) is 0.474. The minimum Gasteiger partial charge on any atom is -0.353 e. The largest absolute Gasteiger partial charge is 0.411 e. The van der Waals surface area contributed by atoms with E-state index in [9.17, 15) is 18.0 Å². The van der Waals surface area contributed by atoms with Gasteiger partial charge < -0.3 is 20.5 Å². The van der Waals surface area contributed by atoms with Gasteiger partial charge >= 0.3 is 6.18 Å². The van der Waals surface area contributed by atoms with Gasteiger partial charge in [-0.15, -0.1) is 5.10 Å². The molecular weight excluding hydrogens is 399 g/mol. The third-order valence-corrected chi connectivity index (χ3v) is 5.84. The number of hydrogen-bond donors (Lipinski definition) is 3. The fourth-order valence-corrected chi connectivity index (χ4v) is 4.48. The smallest absolute Gasteiger partial charge is 0.353 e. The molecule has 30 heavy (non-hydrogen) atoms. The molecule has 0 radical (unpaired) electrons. The second-order valence-corrected chi connectivity index (χ2v) is 8.11. The average molecular weight is 421 g/mol. The molecule has 3 aliphatic heterocycles. The number of hydrazine groups is 1. The first kappa shape index (κ1) is 19.2. The summed E-state index contributed by atoms with van der Waals surface area (Å²) in [6, 6.07) is 5.55. The lowest BCUT2D eigenvalue weighted by molar-refractivity contribution is -0.151. The van der Waals surface area contributed by atoms with Gasteiger partial charge in [-0.1, -0.05) is 0 Å². The summed E-state index contributed by atoms with van der Waals surface area (Å²) in [6.45, 7) is 2.73. The number of nitrogens with zero attached hydrogens (tertiary/aromatic N) is 4. The molecular formula is C19H22F3N7O. The Bertz CT molecular complexity index is 1010. The highest BCUT2D eigenvalue weighted by molar-refractivity contribution is 5.95. The van der Waals surface area contributed by atoms with Crippen molar-refractivity contribution in [3.63, 3.8) is 0 Å². The summed E-state index contributed by atoms with van der Waals surface area (Å²) >= 11 is 0. The number of carbonyl (C=O) groups excluding carboxylic acids is 1. The second kappa shape index (κ2) is 6.88. The van der Waals surface area contributed by atoms with Crippen LogP contribution < -0.4 is 21.0 Å². The molecule has 1 amide bonds. The van der Waals surface area contributed by atoms with Crippen LogP contribution in [0.5, 0.6) is 0 Å². The summed E-state index contributed by atoms with van der Waals surface area (Å²) in [7, 11) is 1.44. The molecule has 8 nitrogen and oxygen atoms in total. The number of carbonyl (C=O) groups is 1. The van der Waals surface area contributed by atoms with Crippen LogP contribution in [0.2, 0.25) is 0 Å². The number of halogens is 3. The van der Waals surface area contributed by atoms with Gasteiger partial charge in [0.05, 0.1) is 11.2 Å². The van der Waals surface area contributed by atoms with Gasteiger partial charge in [0.15, 0.2) is 6.04 Å². The molecule has 11 heteroatoms. The SMILES string of the molecule is CN1C=C(NC(=O)c2ccc3ccc(N4C[C@@H]5CN[C@@H](C5)C4)nn23)C(C(F)(F)F)N1. The average Bonchev–Trinajstić information content (AvgIpc) is 3.37. The molecule has 2 bridgehead atoms. The van der Waals surface area contributed by atoms with Gasteiger partial charge in [0.1, 0.15) is 11.5 Å². The molecule has 5 heterocycles. The van der Waals surface area contributed by atoms with Crippen LogP contribution in [0.15, 0.2) is 36.2 Å². The standard InChI is InChI=1S/C19H22F3N7O/c1-27-10-14(17(26-27)19(20,21)22)24-18(30)15-4-2-13-3-5-16(25-29(13)15)28-8-11-6-12(9-28)23-7-11/h2-5,10-12,17,23,26H,6-9H2,1H3,(H,24,30)/t11-,12-,17?/m0/s1. The van der Waals surface area contributed by atoms with E-state index in [-0.39, 0.29) is 11.4 Å². The summed E-state index contributed by atoms with van der Waals surface area (Å²) in [6.07, 6.45) is -2.15. The minimum absolute atomic E-state index is 0.182. The van der Waals surface area contributed by atoms with E-state index < -0.39 is 18.1 Å². The van der Waals surface area contributed by atoms with Crippen molar-refractivity contribution in [3.05, 3.63) is 41.9 Å². The topological polar surface area (TPSA) is 76.9 Å². The molecule has 3 aliphatic rings. The Hall–Kier alpha value is -2.79. The van der Waals surface area contributed by atoms with Crippen LogP contribution in [-0.2, 0) is 0 Å². The van der Waals surface area contributed by atoms with E-state index in [1.807, 2.05) is 12.1 Å². The Morgan fingerprint density at radius 1 is 1.23 bits per heavy atom. The number of hydrogen-bond acceptors (Lipinski definition) is 6. The Labute approximate surface area is 170 Å². The number of amides is 1. The highest BCUT2D eigenvalue weighted by Gasteiger charge is 2.46. The van der Waals surface area contributed by atoms with Crippen molar-refractivity contribution >= 4 is 17.2 Å². The lowest BCUT2D eigenvalue weighted by atomic mass is 10.0. The van der Waals surface area contributed by atoms with E-state index in [1.165, 1.54) is 22.8 Å². The number of aromatic nitrogens is 2. The van der Waals surface area contributed by atoms with E-state index in [1.54, 1.807) is 12.1 Å². The molecule has 0 saturated carbocycles. The van der Waals surface area contributed by atoms with E-state index >= 15 is 0 Å². The van der Waals surface area contributed by atoms with Gasteiger partial charge in [-0.3, -0.25) is 4.79 Å². The highest BCUT2D eigenvalue weighted by atomic mass is 19.4. The van der Waals surface area contributed by atoms with Crippen molar-refractivity contribution in [1.29, 1.82) is 0 Å². The van der Waals surface area contributed by atoms with Crippen LogP contribution in [0.4, 0.5) is 19.0 Å². The predicted molar refractivity (Wildman–Crippen MR) is 104 cm³/mol. The zero-order valence-corrected chi connectivity index (χ0v) is 16.3. The van der Waals surface area contributed by atoms with E-state index in [2.05, 4.69) is 26.1 Å². The molecule has 5 rings (SSSR count). The lowest BCUT2D eigenvalue weighted by Gasteiger charge is -2.31. The predicted octanol–water partition coefficient (Wildman–Crippen LogP) is 1.08. The van der Waals surface area contributed by atoms with Crippen LogP contribution in [0, 0.1) is 5.92 Å². The fourth-order valence-electron chi connectivity index (χ4n) is 4.48. The monoisotopic (exact) mass is 421 g/mol. The second-order valence-electron chi connectivity index (χ2n) is 8.11. The van der Waals surface area contributed by atoms with E-state index in [0.29, 0.717) is 17.5 Å². The molecule has 2 aromatic rings. The van der Waals surface area contributed by atoms with Crippen LogP contribution in [0.1, 0.15) is 16.9 Å². The molecule has 160 valence electrons. The number of anilines is 1. The first-order valence-electron chi connectivity index (χ1n) is 9.84. The minimum atomic E-state index is -4.53. The molecule has 2 aromatic heterocycles. The number of rotatable bonds is 3. The zero-order valence-electron chi connectivity index (χ0n) is 16.3. The number of fused-ring (bicyclic) bond motifs is 3. The first-order valence-corrected chi connectivity index (χ1v) is 9.84. The van der Waals surface area contributed by atoms with Crippen molar-refractivity contribution in [3.8, 4) is 0 Å². The maximum atomic E-state index is 13.2. The lowest BCUT2D eigenvalue weighted by Crippen LogP contribution is -2.47. The van der Waals surface area contributed by atoms with Crippen LogP contribution in [-0.4, -0.2) is 65.5 Å². The Balaban J connectivity index is 1.40.